The highest BCUT2D eigenvalue weighted by atomic mass is 16.5. The van der Waals surface area contributed by atoms with Gasteiger partial charge in [0.25, 0.3) is 0 Å². The maximum absolute atomic E-state index is 12.0. The molecule has 0 aliphatic rings. The summed E-state index contributed by atoms with van der Waals surface area (Å²) in [5.74, 6) is 0.450. The molecule has 2 aromatic carbocycles. The largest absolute Gasteiger partial charge is 0.495 e. The number of ether oxygens (including phenoxy) is 1. The number of carbonyl (C=O) groups is 1. The van der Waals surface area contributed by atoms with Gasteiger partial charge >= 0.3 is 0 Å². The molecule has 5 heteroatoms. The molecule has 0 radical (unpaired) electrons. The summed E-state index contributed by atoms with van der Waals surface area (Å²) in [5, 5.41) is 14.6. The molecule has 0 aliphatic heterocycles. The average Bonchev–Trinajstić information content (AvgIpc) is 2.53. The Labute approximate surface area is 129 Å². The van der Waals surface area contributed by atoms with Gasteiger partial charge in [0.15, 0.2) is 0 Å². The fourth-order valence-electron chi connectivity index (χ4n) is 1.96. The quantitative estimate of drug-likeness (QED) is 0.889. The minimum atomic E-state index is -0.173. The van der Waals surface area contributed by atoms with Crippen LogP contribution in [0.3, 0.4) is 0 Å². The van der Waals surface area contributed by atoms with E-state index in [9.17, 15) is 4.79 Å². The zero-order valence-electron chi connectivity index (χ0n) is 12.5. The van der Waals surface area contributed by atoms with Gasteiger partial charge in [0.2, 0.25) is 5.91 Å². The van der Waals surface area contributed by atoms with Crippen LogP contribution in [-0.2, 0) is 4.79 Å². The second-order valence-corrected chi connectivity index (χ2v) is 4.79. The maximum atomic E-state index is 12.0. The van der Waals surface area contributed by atoms with Crippen molar-refractivity contribution in [1.82, 2.24) is 0 Å². The van der Waals surface area contributed by atoms with Gasteiger partial charge in [0.1, 0.15) is 5.75 Å². The molecular weight excluding hydrogens is 278 g/mol. The number of nitriles is 1. The lowest BCUT2D eigenvalue weighted by Crippen LogP contribution is -2.22. The summed E-state index contributed by atoms with van der Waals surface area (Å²) in [7, 11) is 1.56. The number of nitrogens with one attached hydrogen (secondary N) is 2. The molecule has 2 aromatic rings. The standard InChI is InChI=1S/C17H17N3O2/c1-12-3-8-16(22-2)15(9-12)20-17(21)11-19-14-6-4-13(10-18)5-7-14/h3-9,19H,11H2,1-2H3,(H,20,21). The molecule has 0 fully saturated rings. The van der Waals surface area contributed by atoms with Crippen LogP contribution >= 0.6 is 0 Å². The average molecular weight is 295 g/mol. The zero-order chi connectivity index (χ0) is 15.9. The summed E-state index contributed by atoms with van der Waals surface area (Å²) >= 11 is 0. The van der Waals surface area contributed by atoms with Crippen molar-refractivity contribution in [3.8, 4) is 11.8 Å². The van der Waals surface area contributed by atoms with E-state index >= 15 is 0 Å². The molecule has 5 nitrogen and oxygen atoms in total. The molecule has 0 atom stereocenters. The van der Waals surface area contributed by atoms with E-state index in [2.05, 4.69) is 10.6 Å². The zero-order valence-corrected chi connectivity index (χ0v) is 12.5. The second-order valence-electron chi connectivity index (χ2n) is 4.79. The fraction of sp³-hybridized carbons (Fsp3) is 0.176. The third-order valence-electron chi connectivity index (χ3n) is 3.10. The number of carbonyl (C=O) groups excluding carboxylic acids is 1. The van der Waals surface area contributed by atoms with Crippen LogP contribution in [0.4, 0.5) is 11.4 Å². The predicted octanol–water partition coefficient (Wildman–Crippen LogP) is 2.93. The SMILES string of the molecule is COc1ccc(C)cc1NC(=O)CNc1ccc(C#N)cc1. The van der Waals surface area contributed by atoms with E-state index in [0.717, 1.165) is 11.3 Å². The van der Waals surface area contributed by atoms with Crippen LogP contribution in [0.1, 0.15) is 11.1 Å². The van der Waals surface area contributed by atoms with Crippen LogP contribution < -0.4 is 15.4 Å². The third-order valence-corrected chi connectivity index (χ3v) is 3.10. The molecule has 0 heterocycles. The van der Waals surface area contributed by atoms with Crippen LogP contribution in [0.25, 0.3) is 0 Å². The van der Waals surface area contributed by atoms with E-state index in [1.807, 2.05) is 31.2 Å². The molecule has 0 unspecified atom stereocenters. The van der Waals surface area contributed by atoms with Crippen molar-refractivity contribution in [3.63, 3.8) is 0 Å². The number of rotatable bonds is 5. The van der Waals surface area contributed by atoms with E-state index in [0.29, 0.717) is 17.0 Å². The van der Waals surface area contributed by atoms with Crippen LogP contribution in [0.15, 0.2) is 42.5 Å². The van der Waals surface area contributed by atoms with Crippen molar-refractivity contribution in [2.75, 3.05) is 24.3 Å². The lowest BCUT2D eigenvalue weighted by molar-refractivity contribution is -0.114. The second kappa shape index (κ2) is 7.14. The third kappa shape index (κ3) is 4.00. The van der Waals surface area contributed by atoms with Crippen molar-refractivity contribution in [2.24, 2.45) is 0 Å². The predicted molar refractivity (Wildman–Crippen MR) is 86.0 cm³/mol. The minimum Gasteiger partial charge on any atom is -0.495 e. The Morgan fingerprint density at radius 2 is 1.95 bits per heavy atom. The Morgan fingerprint density at radius 3 is 2.59 bits per heavy atom. The number of aryl methyl sites for hydroxylation is 1. The summed E-state index contributed by atoms with van der Waals surface area (Å²) in [6, 6.07) is 14.6. The van der Waals surface area contributed by atoms with Gasteiger partial charge in [-0.05, 0) is 48.9 Å². The maximum Gasteiger partial charge on any atom is 0.243 e. The molecule has 0 aliphatic carbocycles. The van der Waals surface area contributed by atoms with Gasteiger partial charge in [-0.15, -0.1) is 0 Å². The Kier molecular flexibility index (Phi) is 4.99. The number of benzene rings is 2. The molecule has 2 N–H and O–H groups in total. The number of hydrogen-bond donors (Lipinski definition) is 2. The molecule has 0 saturated heterocycles. The lowest BCUT2D eigenvalue weighted by Gasteiger charge is -2.12. The molecule has 2 rings (SSSR count). The Morgan fingerprint density at radius 1 is 1.23 bits per heavy atom. The first kappa shape index (κ1) is 15.4. The lowest BCUT2D eigenvalue weighted by atomic mass is 10.2. The smallest absolute Gasteiger partial charge is 0.243 e. The fourth-order valence-corrected chi connectivity index (χ4v) is 1.96. The highest BCUT2D eigenvalue weighted by molar-refractivity contribution is 5.95. The number of methoxy groups -OCH3 is 1. The minimum absolute atomic E-state index is 0.128. The summed E-state index contributed by atoms with van der Waals surface area (Å²) in [6.45, 7) is 2.08. The van der Waals surface area contributed by atoms with Crippen molar-refractivity contribution in [2.45, 2.75) is 6.92 Å². The summed E-state index contributed by atoms with van der Waals surface area (Å²) in [5.41, 5.74) is 3.05. The van der Waals surface area contributed by atoms with Crippen LogP contribution in [0, 0.1) is 18.3 Å². The van der Waals surface area contributed by atoms with Crippen molar-refractivity contribution in [1.29, 1.82) is 5.26 Å². The number of anilines is 2. The van der Waals surface area contributed by atoms with E-state index in [1.165, 1.54) is 0 Å². The molecule has 0 spiro atoms. The summed E-state index contributed by atoms with van der Waals surface area (Å²) < 4.78 is 5.22. The van der Waals surface area contributed by atoms with Gasteiger partial charge in [-0.1, -0.05) is 6.07 Å². The first-order valence-electron chi connectivity index (χ1n) is 6.81. The first-order valence-corrected chi connectivity index (χ1v) is 6.81. The van der Waals surface area contributed by atoms with E-state index < -0.39 is 0 Å². The Balaban J connectivity index is 1.95. The Hall–Kier alpha value is -3.00. The number of nitrogens with zero attached hydrogens (tertiary/aromatic N) is 1. The normalized spacial score (nSPS) is 9.68. The van der Waals surface area contributed by atoms with Gasteiger partial charge in [-0.2, -0.15) is 5.26 Å². The van der Waals surface area contributed by atoms with Crippen LogP contribution in [-0.4, -0.2) is 19.6 Å². The van der Waals surface area contributed by atoms with Crippen LogP contribution in [0.5, 0.6) is 5.75 Å². The Bertz CT molecular complexity index is 703. The molecule has 0 saturated carbocycles. The number of hydrogen-bond acceptors (Lipinski definition) is 4. The molecule has 0 aromatic heterocycles. The van der Waals surface area contributed by atoms with Crippen molar-refractivity contribution in [3.05, 3.63) is 53.6 Å². The molecule has 1 amide bonds. The summed E-state index contributed by atoms with van der Waals surface area (Å²) in [4.78, 5) is 12.0. The van der Waals surface area contributed by atoms with Gasteiger partial charge in [0.05, 0.1) is 31.0 Å². The van der Waals surface area contributed by atoms with Gasteiger partial charge in [-0.25, -0.2) is 0 Å². The van der Waals surface area contributed by atoms with E-state index in [4.69, 9.17) is 10.00 Å². The van der Waals surface area contributed by atoms with Gasteiger partial charge in [-0.3, -0.25) is 4.79 Å². The van der Waals surface area contributed by atoms with Crippen LogP contribution in [0.2, 0.25) is 0 Å². The highest BCUT2D eigenvalue weighted by Crippen LogP contribution is 2.25. The first-order chi connectivity index (χ1) is 10.6. The highest BCUT2D eigenvalue weighted by Gasteiger charge is 2.07. The molecule has 0 bridgehead atoms. The molecule has 22 heavy (non-hydrogen) atoms. The monoisotopic (exact) mass is 295 g/mol. The van der Waals surface area contributed by atoms with Gasteiger partial charge < -0.3 is 15.4 Å². The van der Waals surface area contributed by atoms with Crippen molar-refractivity contribution < 1.29 is 9.53 Å². The number of amides is 1. The van der Waals surface area contributed by atoms with E-state index in [-0.39, 0.29) is 12.5 Å². The van der Waals surface area contributed by atoms with E-state index in [1.54, 1.807) is 31.4 Å². The summed E-state index contributed by atoms with van der Waals surface area (Å²) in [6.07, 6.45) is 0. The molecule has 112 valence electrons. The molecular formula is C17H17N3O2. The van der Waals surface area contributed by atoms with Gasteiger partial charge in [0, 0.05) is 5.69 Å². The topological polar surface area (TPSA) is 74.2 Å². The van der Waals surface area contributed by atoms with Crippen molar-refractivity contribution >= 4 is 17.3 Å².